The minimum absolute atomic E-state index is 0.0873. The first-order valence-corrected chi connectivity index (χ1v) is 23.8. The van der Waals surface area contributed by atoms with Crippen LogP contribution in [0.25, 0.3) is 22.5 Å². The summed E-state index contributed by atoms with van der Waals surface area (Å²) in [6.07, 6.45) is 2.79. The summed E-state index contributed by atoms with van der Waals surface area (Å²) in [7, 11) is 0. The smallest absolute Gasteiger partial charge is 0.410 e. The van der Waals surface area contributed by atoms with Gasteiger partial charge < -0.3 is 41.4 Å². The molecular weight excluding hydrogens is 943 g/mol. The molecule has 72 heavy (non-hydrogen) atoms. The first-order valence-electron chi connectivity index (χ1n) is 23.8. The molecule has 6 rings (SSSR count). The minimum atomic E-state index is -5.24. The summed E-state index contributed by atoms with van der Waals surface area (Å²) < 4.78 is 67.5. The van der Waals surface area contributed by atoms with E-state index in [4.69, 9.17) is 9.47 Å². The van der Waals surface area contributed by atoms with Gasteiger partial charge in [0.05, 0.1) is 0 Å². The fourth-order valence-corrected chi connectivity index (χ4v) is 8.42. The number of benzene rings is 3. The Morgan fingerprint density at radius 2 is 1.42 bits per heavy atom. The number of primary amides is 1. The van der Waals surface area contributed by atoms with Gasteiger partial charge in [-0.3, -0.25) is 24.3 Å². The molecule has 21 heteroatoms. The number of rotatable bonds is 15. The number of nitrogens with two attached hydrogens (primary N) is 1. The van der Waals surface area contributed by atoms with E-state index < -0.39 is 64.6 Å². The van der Waals surface area contributed by atoms with Gasteiger partial charge in [0, 0.05) is 54.8 Å². The third-order valence-electron chi connectivity index (χ3n) is 12.4. The first kappa shape index (κ1) is 54.3. The van der Waals surface area contributed by atoms with E-state index in [-0.39, 0.29) is 47.5 Å². The number of alkyl carbamates (subject to hydrolysis) is 1. The molecule has 2 heterocycles. The maximum absolute atomic E-state index is 14.4. The van der Waals surface area contributed by atoms with E-state index in [0.29, 0.717) is 63.7 Å². The number of amides is 6. The summed E-state index contributed by atoms with van der Waals surface area (Å²) in [5.41, 5.74) is 7.41. The van der Waals surface area contributed by atoms with Gasteiger partial charge in [-0.15, -0.1) is 0 Å². The molecule has 3 aromatic carbocycles. The van der Waals surface area contributed by atoms with Crippen molar-refractivity contribution in [2.75, 3.05) is 25.0 Å². The molecule has 1 saturated heterocycles. The van der Waals surface area contributed by atoms with Crippen LogP contribution >= 0.6 is 0 Å². The zero-order chi connectivity index (χ0) is 52.8. The van der Waals surface area contributed by atoms with E-state index >= 15 is 0 Å². The molecule has 0 unspecified atom stereocenters. The maximum atomic E-state index is 14.4. The largest absolute Gasteiger partial charge is 0.444 e. The SMILES string of the molecule is Cc1cc(C(=O)NC2CCN(C(=O)OC(C)(C)C)CC2)ccc1-c1ccc(C[C@H](NC(=O)C2CCC(CNC(=O)OC(C)(C)C)CC2)C(=O)Nc2ccc(-c3n[nH]c(C(F)(F)C(F)(F)C(N)=O)n3)cc2)cc1. The Morgan fingerprint density at radius 1 is 0.806 bits per heavy atom. The van der Waals surface area contributed by atoms with Crippen molar-refractivity contribution >= 4 is 41.5 Å². The number of H-pyrrole nitrogens is 1. The van der Waals surface area contributed by atoms with Crippen LogP contribution in [0.5, 0.6) is 0 Å². The maximum Gasteiger partial charge on any atom is 0.410 e. The van der Waals surface area contributed by atoms with Gasteiger partial charge in [-0.05, 0) is 152 Å². The number of hydrogen-bond acceptors (Lipinski definition) is 10. The molecule has 4 aromatic rings. The number of ether oxygens (including phenoxy) is 2. The van der Waals surface area contributed by atoms with Crippen molar-refractivity contribution in [2.45, 2.75) is 129 Å². The normalized spacial score (nSPS) is 17.3. The number of aryl methyl sites for hydroxylation is 1. The molecule has 7 N–H and O–H groups in total. The summed E-state index contributed by atoms with van der Waals surface area (Å²) in [4.78, 5) is 82.0. The molecule has 6 amide bonds. The van der Waals surface area contributed by atoms with Crippen molar-refractivity contribution in [1.82, 2.24) is 36.0 Å². The van der Waals surface area contributed by atoms with Gasteiger partial charge in [-0.2, -0.15) is 22.7 Å². The number of anilines is 1. The van der Waals surface area contributed by atoms with Gasteiger partial charge in [-0.25, -0.2) is 14.6 Å². The monoisotopic (exact) mass is 1010 g/mol. The fourth-order valence-electron chi connectivity index (χ4n) is 8.42. The summed E-state index contributed by atoms with van der Waals surface area (Å²) in [5.74, 6) is -16.2. The molecule has 1 atom stereocenters. The van der Waals surface area contributed by atoms with Crippen LogP contribution in [0.1, 0.15) is 107 Å². The molecule has 2 aliphatic rings. The number of likely N-dealkylation sites (tertiary alicyclic amines) is 1. The van der Waals surface area contributed by atoms with E-state index in [1.807, 2.05) is 64.1 Å². The van der Waals surface area contributed by atoms with Gasteiger partial charge in [0.15, 0.2) is 5.82 Å². The van der Waals surface area contributed by atoms with Gasteiger partial charge >= 0.3 is 24.0 Å². The molecular formula is C51H63F4N9O8. The number of aromatic amines is 1. The lowest BCUT2D eigenvalue weighted by Gasteiger charge is -2.33. The molecule has 0 bridgehead atoms. The standard InChI is InChI=1S/C51H63F4N9O8/c1-29-26-35(42(66)58-37-22-24-64(25-23-37)47(70)72-49(5,6)7)18-21-38(29)32-12-8-30(9-13-32)27-39(60-41(65)34-14-10-31(11-15-34)28-57-46(69)71-48(2,3)4)43(67)59-36-19-16-33(17-20-36)40-61-45(63-62-40)51(54,55)50(52,53)44(56)68/h8-9,12-13,16-21,26,31,34,37,39H,10-11,14-15,22-25,27-28H2,1-7H3,(H2,56,68)(H,57,69)(H,58,66)(H,59,67)(H,60,65)(H,61,62,63)/t31?,34?,39-/m0/s1. The van der Waals surface area contributed by atoms with Crippen LogP contribution in [0.4, 0.5) is 32.8 Å². The number of nitrogens with one attached hydrogen (secondary N) is 5. The van der Waals surface area contributed by atoms with Gasteiger partial charge in [0.25, 0.3) is 11.8 Å². The van der Waals surface area contributed by atoms with E-state index in [1.165, 1.54) is 24.3 Å². The molecule has 1 aliphatic heterocycles. The number of alkyl halides is 4. The number of carbonyl (C=O) groups excluding carboxylic acids is 6. The molecule has 1 saturated carbocycles. The van der Waals surface area contributed by atoms with Crippen LogP contribution in [-0.2, 0) is 36.2 Å². The molecule has 0 radical (unpaired) electrons. The second kappa shape index (κ2) is 22.1. The lowest BCUT2D eigenvalue weighted by molar-refractivity contribution is -0.215. The predicted octanol–water partition coefficient (Wildman–Crippen LogP) is 7.79. The quantitative estimate of drug-likeness (QED) is 0.0632. The number of carbonyl (C=O) groups is 6. The Hall–Kier alpha value is -7.06. The van der Waals surface area contributed by atoms with Crippen LogP contribution in [0.15, 0.2) is 66.7 Å². The van der Waals surface area contributed by atoms with E-state index in [9.17, 15) is 46.3 Å². The highest BCUT2D eigenvalue weighted by Gasteiger charge is 2.64. The zero-order valence-corrected chi connectivity index (χ0v) is 41.4. The molecule has 2 fully saturated rings. The second-order valence-corrected chi connectivity index (χ2v) is 20.4. The zero-order valence-electron chi connectivity index (χ0n) is 41.4. The lowest BCUT2D eigenvalue weighted by atomic mass is 9.81. The van der Waals surface area contributed by atoms with Crippen LogP contribution in [-0.4, -0.2) is 105 Å². The number of hydrogen-bond donors (Lipinski definition) is 6. The highest BCUT2D eigenvalue weighted by atomic mass is 19.3. The fraction of sp³-hybridized carbons (Fsp3) is 0.490. The Labute approximate surface area is 415 Å². The van der Waals surface area contributed by atoms with E-state index in [1.54, 1.807) is 36.8 Å². The van der Waals surface area contributed by atoms with Gasteiger partial charge in [0.2, 0.25) is 17.6 Å². The number of piperidine rings is 1. The van der Waals surface area contributed by atoms with Crippen LogP contribution in [0.2, 0.25) is 0 Å². The number of nitrogens with zero attached hydrogens (tertiary/aromatic N) is 3. The second-order valence-electron chi connectivity index (χ2n) is 20.4. The predicted molar refractivity (Wildman–Crippen MR) is 259 cm³/mol. The van der Waals surface area contributed by atoms with Crippen LogP contribution in [0.3, 0.4) is 0 Å². The Morgan fingerprint density at radius 3 is 2.00 bits per heavy atom. The summed E-state index contributed by atoms with van der Waals surface area (Å²) in [6, 6.07) is 17.3. The van der Waals surface area contributed by atoms with Gasteiger partial charge in [0.1, 0.15) is 17.2 Å². The third kappa shape index (κ3) is 14.1. The van der Waals surface area contributed by atoms with Crippen molar-refractivity contribution in [3.63, 3.8) is 0 Å². The van der Waals surface area contributed by atoms with Crippen molar-refractivity contribution < 1.29 is 55.8 Å². The molecule has 1 aliphatic carbocycles. The Balaban J connectivity index is 1.11. The average Bonchev–Trinajstić information content (AvgIpc) is 3.82. The van der Waals surface area contributed by atoms with Gasteiger partial charge in [-0.1, -0.05) is 30.3 Å². The highest BCUT2D eigenvalue weighted by molar-refractivity contribution is 5.98. The third-order valence-corrected chi connectivity index (χ3v) is 12.4. The molecule has 388 valence electrons. The lowest BCUT2D eigenvalue weighted by Crippen LogP contribution is -2.49. The molecule has 1 aromatic heterocycles. The van der Waals surface area contributed by atoms with E-state index in [2.05, 4.69) is 37.1 Å². The van der Waals surface area contributed by atoms with E-state index in [0.717, 1.165) is 22.3 Å². The number of aromatic nitrogens is 3. The minimum Gasteiger partial charge on any atom is -0.444 e. The van der Waals surface area contributed by atoms with Crippen molar-refractivity contribution in [3.05, 3.63) is 89.2 Å². The Bertz CT molecular complexity index is 2600. The first-order chi connectivity index (χ1) is 33.7. The summed E-state index contributed by atoms with van der Waals surface area (Å²) in [5, 5.41) is 16.9. The average molecular weight is 1010 g/mol. The summed E-state index contributed by atoms with van der Waals surface area (Å²) in [6.45, 7) is 14.0. The highest BCUT2D eigenvalue weighted by Crippen LogP contribution is 2.41. The Kier molecular flexibility index (Phi) is 16.7. The molecule has 0 spiro atoms. The van der Waals surface area contributed by atoms with Crippen LogP contribution < -0.4 is 27.0 Å². The van der Waals surface area contributed by atoms with Crippen molar-refractivity contribution in [2.24, 2.45) is 17.6 Å². The topological polar surface area (TPSA) is 240 Å². The molecule has 17 nitrogen and oxygen atoms in total. The van der Waals surface area contributed by atoms with Crippen LogP contribution in [0, 0.1) is 18.8 Å². The summed E-state index contributed by atoms with van der Waals surface area (Å²) >= 11 is 0. The number of halogens is 4. The van der Waals surface area contributed by atoms with Crippen molar-refractivity contribution in [1.29, 1.82) is 0 Å². The van der Waals surface area contributed by atoms with Crippen molar-refractivity contribution in [3.8, 4) is 22.5 Å².